The summed E-state index contributed by atoms with van der Waals surface area (Å²) in [7, 11) is 0. The summed E-state index contributed by atoms with van der Waals surface area (Å²) in [6.45, 7) is 6.33. The van der Waals surface area contributed by atoms with Crippen molar-refractivity contribution in [1.29, 1.82) is 0 Å². The summed E-state index contributed by atoms with van der Waals surface area (Å²) < 4.78 is 8.33. The molecular formula is C33H29ClN4OS. The number of benzene rings is 3. The zero-order valence-electron chi connectivity index (χ0n) is 22.5. The van der Waals surface area contributed by atoms with Gasteiger partial charge in [0.05, 0.1) is 17.8 Å². The van der Waals surface area contributed by atoms with Crippen LogP contribution in [-0.2, 0) is 0 Å². The minimum atomic E-state index is -0.134. The highest BCUT2D eigenvalue weighted by atomic mass is 35.5. The third kappa shape index (κ3) is 4.96. The highest BCUT2D eigenvalue weighted by molar-refractivity contribution is 7.80. The normalized spacial score (nSPS) is 16.7. The van der Waals surface area contributed by atoms with Crippen molar-refractivity contribution in [1.82, 2.24) is 14.9 Å². The fourth-order valence-corrected chi connectivity index (χ4v) is 6.00. The number of aryl methyl sites for hydroxylation is 2. The van der Waals surface area contributed by atoms with Gasteiger partial charge in [-0.1, -0.05) is 41.4 Å². The maximum Gasteiger partial charge on any atom is 0.174 e. The number of hydrogen-bond acceptors (Lipinski definition) is 3. The zero-order chi connectivity index (χ0) is 27.8. The smallest absolute Gasteiger partial charge is 0.174 e. The summed E-state index contributed by atoms with van der Waals surface area (Å²) in [5.74, 6) is 1.57. The van der Waals surface area contributed by atoms with E-state index in [1.54, 1.807) is 0 Å². The van der Waals surface area contributed by atoms with Crippen molar-refractivity contribution in [2.45, 2.75) is 32.9 Å². The van der Waals surface area contributed by atoms with Gasteiger partial charge in [0.15, 0.2) is 5.11 Å². The number of rotatable bonds is 6. The molecule has 0 spiro atoms. The number of hydrogen-bond donors (Lipinski definition) is 1. The number of pyridine rings is 1. The lowest BCUT2D eigenvalue weighted by Crippen LogP contribution is -2.29. The molecule has 200 valence electrons. The van der Waals surface area contributed by atoms with Gasteiger partial charge in [-0.05, 0) is 111 Å². The van der Waals surface area contributed by atoms with Crippen LogP contribution < -0.4 is 15.0 Å². The van der Waals surface area contributed by atoms with E-state index in [0.717, 1.165) is 40.0 Å². The highest BCUT2D eigenvalue weighted by Gasteiger charge is 2.42. The predicted octanol–water partition coefficient (Wildman–Crippen LogP) is 8.42. The van der Waals surface area contributed by atoms with Gasteiger partial charge >= 0.3 is 0 Å². The molecule has 1 N–H and O–H groups in total. The first-order valence-corrected chi connectivity index (χ1v) is 14.0. The quantitative estimate of drug-likeness (QED) is 0.210. The van der Waals surface area contributed by atoms with Crippen molar-refractivity contribution in [3.8, 4) is 17.2 Å². The second kappa shape index (κ2) is 10.8. The predicted molar refractivity (Wildman–Crippen MR) is 166 cm³/mol. The molecule has 3 aromatic carbocycles. The monoisotopic (exact) mass is 564 g/mol. The molecule has 5 nitrogen and oxygen atoms in total. The molecule has 1 aliphatic rings. The molecule has 0 radical (unpaired) electrons. The van der Waals surface area contributed by atoms with E-state index in [1.165, 1.54) is 11.1 Å². The Kier molecular flexibility index (Phi) is 7.05. The maximum absolute atomic E-state index is 6.36. The molecule has 1 aliphatic heterocycles. The first-order valence-electron chi connectivity index (χ1n) is 13.2. The van der Waals surface area contributed by atoms with Crippen molar-refractivity contribution in [3.05, 3.63) is 136 Å². The summed E-state index contributed by atoms with van der Waals surface area (Å²) in [6, 6.07) is 32.0. The Bertz CT molecular complexity index is 1670. The molecule has 0 aliphatic carbocycles. The third-order valence-electron chi connectivity index (χ3n) is 7.32. The number of nitrogens with zero attached hydrogens (tertiary/aromatic N) is 3. The summed E-state index contributed by atoms with van der Waals surface area (Å²) >= 11 is 12.3. The van der Waals surface area contributed by atoms with Crippen LogP contribution in [0.5, 0.6) is 11.5 Å². The first kappa shape index (κ1) is 26.1. The summed E-state index contributed by atoms with van der Waals surface area (Å²) in [6.07, 6.45) is 1.83. The minimum absolute atomic E-state index is 0.120. The maximum atomic E-state index is 6.36. The van der Waals surface area contributed by atoms with Crippen molar-refractivity contribution < 1.29 is 4.74 Å². The van der Waals surface area contributed by atoms with Crippen LogP contribution in [0.4, 0.5) is 5.69 Å². The number of halogens is 1. The van der Waals surface area contributed by atoms with Crippen molar-refractivity contribution in [3.63, 3.8) is 0 Å². The Morgan fingerprint density at radius 2 is 1.55 bits per heavy atom. The molecule has 1 fully saturated rings. The van der Waals surface area contributed by atoms with Gasteiger partial charge in [-0.25, -0.2) is 0 Å². The van der Waals surface area contributed by atoms with E-state index in [-0.39, 0.29) is 12.1 Å². The van der Waals surface area contributed by atoms with Gasteiger partial charge in [-0.15, -0.1) is 0 Å². The largest absolute Gasteiger partial charge is 0.457 e. The minimum Gasteiger partial charge on any atom is -0.457 e. The van der Waals surface area contributed by atoms with Crippen LogP contribution in [0, 0.1) is 20.8 Å². The number of thiocarbonyl (C=S) groups is 1. The lowest BCUT2D eigenvalue weighted by Gasteiger charge is -2.28. The molecule has 5 aromatic rings. The molecular weight excluding hydrogens is 536 g/mol. The average molecular weight is 565 g/mol. The molecule has 0 saturated carbocycles. The Morgan fingerprint density at radius 3 is 2.23 bits per heavy atom. The van der Waals surface area contributed by atoms with Gasteiger partial charge in [0.25, 0.3) is 0 Å². The topological polar surface area (TPSA) is 42.3 Å². The van der Waals surface area contributed by atoms with Crippen LogP contribution >= 0.6 is 23.8 Å². The van der Waals surface area contributed by atoms with Gasteiger partial charge in [0, 0.05) is 34.0 Å². The van der Waals surface area contributed by atoms with E-state index in [4.69, 9.17) is 33.5 Å². The van der Waals surface area contributed by atoms with E-state index in [2.05, 4.69) is 59.8 Å². The lowest BCUT2D eigenvalue weighted by atomic mass is 9.96. The molecule has 7 heteroatoms. The fourth-order valence-electron chi connectivity index (χ4n) is 5.47. The number of aromatic nitrogens is 2. The molecule has 6 rings (SSSR count). The number of nitrogens with one attached hydrogen (secondary N) is 1. The molecule has 2 aromatic heterocycles. The molecule has 1 saturated heterocycles. The van der Waals surface area contributed by atoms with E-state index < -0.39 is 0 Å². The van der Waals surface area contributed by atoms with E-state index in [0.29, 0.717) is 10.1 Å². The molecule has 3 heterocycles. The van der Waals surface area contributed by atoms with Crippen molar-refractivity contribution >= 4 is 34.6 Å². The second-order valence-corrected chi connectivity index (χ2v) is 10.9. The SMILES string of the molecule is Cc1ccc(Oc2ccc(N3C(=S)N[C@H](c4ccccn4)[C@H]3c3cc(C)n(-c4cccc(Cl)c4)c3C)cc2)cc1. The van der Waals surface area contributed by atoms with Crippen LogP contribution in [-0.4, -0.2) is 14.7 Å². The number of ether oxygens (including phenoxy) is 1. The van der Waals surface area contributed by atoms with Gasteiger partial charge in [-0.3, -0.25) is 4.98 Å². The number of anilines is 1. The molecule has 0 amide bonds. The van der Waals surface area contributed by atoms with Crippen molar-refractivity contribution in [2.24, 2.45) is 0 Å². The summed E-state index contributed by atoms with van der Waals surface area (Å²) in [4.78, 5) is 6.89. The van der Waals surface area contributed by atoms with Crippen LogP contribution in [0.15, 0.2) is 103 Å². The standard InChI is InChI=1S/C33H29ClN4OS/c1-21-10-14-27(15-11-21)39-28-16-12-25(13-17-28)38-32(31(36-33(38)40)30-9-4-5-18-35-30)29-19-22(2)37(23(29)3)26-8-6-7-24(34)20-26/h4-20,31-32H,1-3H3,(H,36,40)/t31-,32-/m1/s1. The van der Waals surface area contributed by atoms with Crippen LogP contribution in [0.3, 0.4) is 0 Å². The molecule has 0 bridgehead atoms. The Morgan fingerprint density at radius 1 is 0.825 bits per heavy atom. The van der Waals surface area contributed by atoms with E-state index >= 15 is 0 Å². The molecule has 40 heavy (non-hydrogen) atoms. The fraction of sp³-hybridized carbons (Fsp3) is 0.152. The van der Waals surface area contributed by atoms with Crippen LogP contribution in [0.1, 0.15) is 40.3 Å². The summed E-state index contributed by atoms with van der Waals surface area (Å²) in [5, 5.41) is 4.92. The van der Waals surface area contributed by atoms with Crippen molar-refractivity contribution in [2.75, 3.05) is 4.90 Å². The summed E-state index contributed by atoms with van der Waals surface area (Å²) in [5.41, 5.74) is 7.55. The van der Waals surface area contributed by atoms with Gasteiger partial charge < -0.3 is 19.5 Å². The second-order valence-electron chi connectivity index (χ2n) is 10.0. The molecule has 2 atom stereocenters. The van der Waals surface area contributed by atoms with Crippen LogP contribution in [0.2, 0.25) is 5.02 Å². The van der Waals surface area contributed by atoms with Gasteiger partial charge in [0.1, 0.15) is 11.5 Å². The van der Waals surface area contributed by atoms with E-state index in [9.17, 15) is 0 Å². The third-order valence-corrected chi connectivity index (χ3v) is 7.87. The van der Waals surface area contributed by atoms with Gasteiger partial charge in [0.2, 0.25) is 0 Å². The molecule has 0 unspecified atom stereocenters. The van der Waals surface area contributed by atoms with E-state index in [1.807, 2.05) is 79.0 Å². The Labute approximate surface area is 245 Å². The lowest BCUT2D eigenvalue weighted by molar-refractivity contribution is 0.482. The highest BCUT2D eigenvalue weighted by Crippen LogP contribution is 2.44. The first-order chi connectivity index (χ1) is 19.4. The Balaban J connectivity index is 1.41. The zero-order valence-corrected chi connectivity index (χ0v) is 24.1. The average Bonchev–Trinajstić information content (AvgIpc) is 3.45. The van der Waals surface area contributed by atoms with Gasteiger partial charge in [-0.2, -0.15) is 0 Å². The Hall–Kier alpha value is -4.13. The van der Waals surface area contributed by atoms with Crippen LogP contribution in [0.25, 0.3) is 5.69 Å².